The lowest BCUT2D eigenvalue weighted by atomic mass is 9.97. The molecule has 8 nitrogen and oxygen atoms in total. The zero-order valence-corrected chi connectivity index (χ0v) is 22.9. The van der Waals surface area contributed by atoms with Gasteiger partial charge in [-0.2, -0.15) is 0 Å². The molecule has 210 valence electrons. The Morgan fingerprint density at radius 2 is 1.78 bits per heavy atom. The van der Waals surface area contributed by atoms with Gasteiger partial charge in [-0.25, -0.2) is 4.39 Å². The maximum Gasteiger partial charge on any atom is 0.242 e. The molecule has 9 heteroatoms. The van der Waals surface area contributed by atoms with Gasteiger partial charge in [-0.3, -0.25) is 15.1 Å². The van der Waals surface area contributed by atoms with E-state index in [4.69, 9.17) is 13.9 Å². The summed E-state index contributed by atoms with van der Waals surface area (Å²) in [6, 6.07) is 14.4. The lowest BCUT2D eigenvalue weighted by molar-refractivity contribution is -0.122. The van der Waals surface area contributed by atoms with E-state index in [2.05, 4.69) is 15.6 Å². The molecule has 4 aromatic rings. The molecule has 1 aliphatic rings. The molecule has 0 aliphatic heterocycles. The number of amides is 1. The van der Waals surface area contributed by atoms with Gasteiger partial charge in [0.25, 0.3) is 0 Å². The molecule has 0 fully saturated rings. The third-order valence-corrected chi connectivity index (χ3v) is 7.01. The number of fused-ring (bicyclic) bond motifs is 1. The van der Waals surface area contributed by atoms with Crippen molar-refractivity contribution < 1.29 is 28.2 Å². The van der Waals surface area contributed by atoms with Gasteiger partial charge in [-0.1, -0.05) is 6.07 Å². The lowest BCUT2D eigenvalue weighted by Gasteiger charge is -2.21. The van der Waals surface area contributed by atoms with E-state index >= 15 is 0 Å². The summed E-state index contributed by atoms with van der Waals surface area (Å²) >= 11 is 0. The van der Waals surface area contributed by atoms with E-state index in [0.717, 1.165) is 22.3 Å². The molecule has 1 atom stereocenters. The van der Waals surface area contributed by atoms with Crippen LogP contribution >= 0.6 is 0 Å². The number of methoxy groups -OCH3 is 2. The van der Waals surface area contributed by atoms with Crippen molar-refractivity contribution in [3.8, 4) is 17.2 Å². The molecular weight excluding hydrogens is 525 g/mol. The predicted octanol–water partition coefficient (Wildman–Crippen LogP) is 5.34. The highest BCUT2D eigenvalue weighted by atomic mass is 19.1. The third kappa shape index (κ3) is 5.85. The van der Waals surface area contributed by atoms with Gasteiger partial charge in [0.1, 0.15) is 17.6 Å². The van der Waals surface area contributed by atoms with Crippen molar-refractivity contribution >= 4 is 23.1 Å². The standard InChI is InChI=1S/C32H30FN3O5/c1-19-25(13-21-14-27(39-2)31(37)28(15-21)40-3)24-7-6-22(33)16-26(24)29(19)30(35-17-20-8-10-34-11-9-20)32(38)36-18-23-5-4-12-41-23/h4-16,30,35,37H,17-18H2,1-3H3,(H,36,38). The fraction of sp³-hybridized carbons (Fsp3) is 0.188. The molecule has 0 bridgehead atoms. The number of ether oxygens (including phenoxy) is 2. The second kappa shape index (κ2) is 12.1. The Morgan fingerprint density at radius 3 is 2.44 bits per heavy atom. The highest BCUT2D eigenvalue weighted by Gasteiger charge is 2.33. The first kappa shape index (κ1) is 27.7. The largest absolute Gasteiger partial charge is 0.502 e. The maximum atomic E-state index is 14.7. The number of carbonyl (C=O) groups excluding carboxylic acids is 1. The van der Waals surface area contributed by atoms with E-state index in [0.29, 0.717) is 29.0 Å². The number of allylic oxidation sites excluding steroid dienone is 2. The van der Waals surface area contributed by atoms with Gasteiger partial charge >= 0.3 is 0 Å². The van der Waals surface area contributed by atoms with Gasteiger partial charge in [-0.05, 0) is 101 Å². The molecule has 1 unspecified atom stereocenters. The molecule has 0 radical (unpaired) electrons. The molecular formula is C32H30FN3O5. The fourth-order valence-corrected chi connectivity index (χ4v) is 4.98. The minimum Gasteiger partial charge on any atom is -0.502 e. The van der Waals surface area contributed by atoms with Crippen molar-refractivity contribution in [1.82, 2.24) is 15.6 Å². The Labute approximate surface area is 237 Å². The molecule has 0 saturated heterocycles. The smallest absolute Gasteiger partial charge is 0.242 e. The van der Waals surface area contributed by atoms with Crippen molar-refractivity contribution in [3.05, 3.63) is 113 Å². The molecule has 0 spiro atoms. The monoisotopic (exact) mass is 555 g/mol. The van der Waals surface area contributed by atoms with Crippen LogP contribution in [0.25, 0.3) is 17.2 Å². The second-order valence-electron chi connectivity index (χ2n) is 9.53. The molecule has 2 aromatic carbocycles. The van der Waals surface area contributed by atoms with E-state index in [-0.39, 0.29) is 29.7 Å². The van der Waals surface area contributed by atoms with Gasteiger partial charge in [0.2, 0.25) is 11.7 Å². The molecule has 3 N–H and O–H groups in total. The van der Waals surface area contributed by atoms with Crippen molar-refractivity contribution in [2.45, 2.75) is 26.1 Å². The predicted molar refractivity (Wildman–Crippen MR) is 153 cm³/mol. The molecule has 41 heavy (non-hydrogen) atoms. The van der Waals surface area contributed by atoms with E-state index in [1.54, 1.807) is 49.0 Å². The number of pyridine rings is 1. The zero-order valence-electron chi connectivity index (χ0n) is 22.9. The van der Waals surface area contributed by atoms with Gasteiger partial charge in [0, 0.05) is 18.9 Å². The van der Waals surface area contributed by atoms with Crippen molar-refractivity contribution in [2.75, 3.05) is 14.2 Å². The number of halogens is 1. The minimum atomic E-state index is -0.812. The van der Waals surface area contributed by atoms with Crippen molar-refractivity contribution in [2.24, 2.45) is 0 Å². The highest BCUT2D eigenvalue weighted by molar-refractivity contribution is 6.11. The number of aromatic hydroxyl groups is 1. The van der Waals surface area contributed by atoms with Crippen LogP contribution in [-0.4, -0.2) is 36.3 Å². The van der Waals surface area contributed by atoms with Gasteiger partial charge < -0.3 is 24.3 Å². The summed E-state index contributed by atoms with van der Waals surface area (Å²) in [5.41, 5.74) is 5.31. The first-order valence-corrected chi connectivity index (χ1v) is 13.0. The van der Waals surface area contributed by atoms with Gasteiger partial charge in [0.05, 0.1) is 27.0 Å². The number of aromatic nitrogens is 1. The third-order valence-electron chi connectivity index (χ3n) is 7.01. The number of nitrogens with zero attached hydrogens (tertiary/aromatic N) is 1. The summed E-state index contributed by atoms with van der Waals surface area (Å²) in [4.78, 5) is 17.8. The Kier molecular flexibility index (Phi) is 8.16. The summed E-state index contributed by atoms with van der Waals surface area (Å²) in [5, 5.41) is 16.7. The minimum absolute atomic E-state index is 0.104. The summed E-state index contributed by atoms with van der Waals surface area (Å²) in [7, 11) is 2.92. The summed E-state index contributed by atoms with van der Waals surface area (Å²) in [6.45, 7) is 2.50. The molecule has 0 saturated carbocycles. The van der Waals surface area contributed by atoms with Crippen LogP contribution in [0.15, 0.2) is 83.2 Å². The van der Waals surface area contributed by atoms with E-state index in [1.807, 2.05) is 25.1 Å². The van der Waals surface area contributed by atoms with Crippen LogP contribution in [0.4, 0.5) is 4.39 Å². The lowest BCUT2D eigenvalue weighted by Crippen LogP contribution is -2.44. The average molecular weight is 556 g/mol. The summed E-state index contributed by atoms with van der Waals surface area (Å²) in [5.74, 6) is 0.328. The van der Waals surface area contributed by atoms with Crippen LogP contribution in [0.5, 0.6) is 17.2 Å². The van der Waals surface area contributed by atoms with E-state index in [9.17, 15) is 14.3 Å². The summed E-state index contributed by atoms with van der Waals surface area (Å²) < 4.78 is 30.7. The van der Waals surface area contributed by atoms with Crippen LogP contribution in [0.1, 0.15) is 34.9 Å². The van der Waals surface area contributed by atoms with Crippen molar-refractivity contribution in [1.29, 1.82) is 0 Å². The Morgan fingerprint density at radius 1 is 1.05 bits per heavy atom. The highest BCUT2D eigenvalue weighted by Crippen LogP contribution is 2.45. The van der Waals surface area contributed by atoms with Crippen LogP contribution in [0.3, 0.4) is 0 Å². The SMILES string of the molecule is COc1cc(C=C2C(C)=C(C(NCc3ccncc3)C(=O)NCc3ccco3)c3cc(F)ccc32)cc(OC)c1O. The number of furan rings is 1. The Balaban J connectivity index is 1.59. The number of carbonyl (C=O) groups is 1. The number of hydrogen-bond acceptors (Lipinski definition) is 7. The number of benzene rings is 2. The number of phenols is 1. The van der Waals surface area contributed by atoms with Crippen LogP contribution in [-0.2, 0) is 17.9 Å². The maximum absolute atomic E-state index is 14.7. The average Bonchev–Trinajstić information content (AvgIpc) is 3.60. The number of nitrogens with one attached hydrogen (secondary N) is 2. The van der Waals surface area contributed by atoms with E-state index < -0.39 is 11.9 Å². The Hall–Kier alpha value is -4.89. The van der Waals surface area contributed by atoms with Gasteiger partial charge in [-0.15, -0.1) is 0 Å². The quantitative estimate of drug-likeness (QED) is 0.243. The molecule has 5 rings (SSSR count). The van der Waals surface area contributed by atoms with Crippen LogP contribution < -0.4 is 20.1 Å². The number of phenolic OH excluding ortho intramolecular Hbond substituents is 1. The molecule has 2 heterocycles. The second-order valence-corrected chi connectivity index (χ2v) is 9.53. The van der Waals surface area contributed by atoms with Crippen molar-refractivity contribution in [3.63, 3.8) is 0 Å². The molecule has 2 aromatic heterocycles. The zero-order chi connectivity index (χ0) is 28.9. The van der Waals surface area contributed by atoms with Gasteiger partial charge in [0.15, 0.2) is 11.5 Å². The topological polar surface area (TPSA) is 106 Å². The number of hydrogen-bond donors (Lipinski definition) is 3. The normalized spacial score (nSPS) is 14.2. The molecule has 1 aliphatic carbocycles. The fourth-order valence-electron chi connectivity index (χ4n) is 4.98. The molecule has 1 amide bonds. The summed E-state index contributed by atoms with van der Waals surface area (Å²) in [6.07, 6.45) is 6.83. The number of rotatable bonds is 10. The van der Waals surface area contributed by atoms with Crippen LogP contribution in [0, 0.1) is 5.82 Å². The van der Waals surface area contributed by atoms with Crippen LogP contribution in [0.2, 0.25) is 0 Å². The Bertz CT molecular complexity index is 1590. The first-order valence-electron chi connectivity index (χ1n) is 13.0. The first-order chi connectivity index (χ1) is 19.9. The van der Waals surface area contributed by atoms with E-state index in [1.165, 1.54) is 26.4 Å².